The summed E-state index contributed by atoms with van der Waals surface area (Å²) in [5.74, 6) is -0.377. The predicted molar refractivity (Wildman–Crippen MR) is 67.9 cm³/mol. The van der Waals surface area contributed by atoms with Crippen LogP contribution in [0.25, 0.3) is 0 Å². The van der Waals surface area contributed by atoms with E-state index in [1.54, 1.807) is 0 Å². The molecule has 0 aromatic carbocycles. The molecule has 1 fully saturated rings. The summed E-state index contributed by atoms with van der Waals surface area (Å²) in [6.45, 7) is 1.97. The molecule has 18 heavy (non-hydrogen) atoms. The van der Waals surface area contributed by atoms with Gasteiger partial charge in [-0.3, -0.25) is 9.59 Å². The number of hydrogen-bond donors (Lipinski definition) is 2. The highest BCUT2D eigenvalue weighted by Gasteiger charge is 2.24. The number of nitrogens with one attached hydrogen (secondary N) is 1. The van der Waals surface area contributed by atoms with Gasteiger partial charge in [-0.05, 0) is 25.7 Å². The normalized spacial score (nSPS) is 14.5. The van der Waals surface area contributed by atoms with Crippen molar-refractivity contribution in [3.05, 3.63) is 15.6 Å². The van der Waals surface area contributed by atoms with Crippen LogP contribution in [-0.2, 0) is 11.2 Å². The van der Waals surface area contributed by atoms with Crippen molar-refractivity contribution in [2.24, 2.45) is 5.92 Å². The molecule has 1 aromatic rings. The lowest BCUT2D eigenvalue weighted by Gasteiger charge is -2.00. The third-order valence-electron chi connectivity index (χ3n) is 2.83. The van der Waals surface area contributed by atoms with Crippen molar-refractivity contribution < 1.29 is 14.7 Å². The van der Waals surface area contributed by atoms with Crippen LogP contribution in [-0.4, -0.2) is 28.5 Å². The largest absolute Gasteiger partial charge is 0.481 e. The van der Waals surface area contributed by atoms with Crippen molar-refractivity contribution in [3.63, 3.8) is 0 Å². The average molecular weight is 268 g/mol. The Kier molecular flexibility index (Phi) is 3.96. The molecule has 0 saturated heterocycles. The highest BCUT2D eigenvalue weighted by Crippen LogP contribution is 2.34. The molecular weight excluding hydrogens is 252 g/mol. The number of aryl methyl sites for hydroxylation is 1. The van der Waals surface area contributed by atoms with E-state index in [9.17, 15) is 9.59 Å². The number of carboxylic acid groups (broad SMARTS) is 1. The number of carboxylic acids is 1. The molecule has 6 heteroatoms. The van der Waals surface area contributed by atoms with Gasteiger partial charge >= 0.3 is 5.97 Å². The van der Waals surface area contributed by atoms with Gasteiger partial charge in [0.05, 0.1) is 17.1 Å². The van der Waals surface area contributed by atoms with Crippen LogP contribution >= 0.6 is 11.3 Å². The summed E-state index contributed by atoms with van der Waals surface area (Å²) in [4.78, 5) is 27.2. The van der Waals surface area contributed by atoms with Crippen molar-refractivity contribution in [1.29, 1.82) is 0 Å². The first-order chi connectivity index (χ1) is 8.56. The molecule has 1 saturated carbocycles. The van der Waals surface area contributed by atoms with E-state index in [2.05, 4.69) is 10.3 Å². The second-order valence-electron chi connectivity index (χ2n) is 4.57. The third kappa shape index (κ3) is 3.53. The molecule has 0 spiro atoms. The Hall–Kier alpha value is -1.43. The lowest BCUT2D eigenvalue weighted by Crippen LogP contribution is -2.25. The molecule has 1 amide bonds. The summed E-state index contributed by atoms with van der Waals surface area (Å²) >= 11 is 1.42. The summed E-state index contributed by atoms with van der Waals surface area (Å²) in [5, 5.41) is 12.1. The van der Waals surface area contributed by atoms with Crippen LogP contribution in [0.5, 0.6) is 0 Å². The van der Waals surface area contributed by atoms with Crippen molar-refractivity contribution in [2.75, 3.05) is 6.54 Å². The molecule has 5 nitrogen and oxygen atoms in total. The van der Waals surface area contributed by atoms with E-state index < -0.39 is 5.97 Å². The smallest absolute Gasteiger partial charge is 0.305 e. The van der Waals surface area contributed by atoms with E-state index in [-0.39, 0.29) is 18.9 Å². The van der Waals surface area contributed by atoms with Gasteiger partial charge in [0, 0.05) is 13.0 Å². The minimum Gasteiger partial charge on any atom is -0.481 e. The lowest BCUT2D eigenvalue weighted by atomic mass is 10.3. The second kappa shape index (κ2) is 5.48. The zero-order valence-corrected chi connectivity index (χ0v) is 11.0. The average Bonchev–Trinajstić information content (AvgIpc) is 3.01. The Morgan fingerprint density at radius 3 is 2.83 bits per heavy atom. The zero-order chi connectivity index (χ0) is 13.1. The molecular formula is C12H16N2O3S. The monoisotopic (exact) mass is 268 g/mol. The fraction of sp³-hybridized carbons (Fsp3) is 0.583. The quantitative estimate of drug-likeness (QED) is 0.821. The molecule has 98 valence electrons. The fourth-order valence-corrected chi connectivity index (χ4v) is 2.78. The Bertz CT molecular complexity index is 466. The van der Waals surface area contributed by atoms with Crippen molar-refractivity contribution in [2.45, 2.75) is 32.6 Å². The van der Waals surface area contributed by atoms with E-state index in [1.165, 1.54) is 24.2 Å². The number of thiazole rings is 1. The van der Waals surface area contributed by atoms with E-state index >= 15 is 0 Å². The first-order valence-corrected chi connectivity index (χ1v) is 6.84. The number of amides is 1. The highest BCUT2D eigenvalue weighted by atomic mass is 32.1. The van der Waals surface area contributed by atoms with Gasteiger partial charge < -0.3 is 10.4 Å². The topological polar surface area (TPSA) is 79.3 Å². The maximum absolute atomic E-state index is 11.8. The fourth-order valence-electron chi connectivity index (χ4n) is 1.68. The van der Waals surface area contributed by atoms with Crippen LogP contribution in [0.3, 0.4) is 0 Å². The molecule has 0 atom stereocenters. The van der Waals surface area contributed by atoms with Crippen LogP contribution in [0, 0.1) is 12.8 Å². The highest BCUT2D eigenvalue weighted by molar-refractivity contribution is 7.13. The second-order valence-corrected chi connectivity index (χ2v) is 5.65. The number of nitrogens with zero attached hydrogens (tertiary/aromatic N) is 1. The number of aliphatic carboxylic acids is 1. The van der Waals surface area contributed by atoms with Gasteiger partial charge in [-0.2, -0.15) is 0 Å². The first kappa shape index (κ1) is 13.0. The van der Waals surface area contributed by atoms with Crippen LogP contribution in [0.4, 0.5) is 0 Å². The maximum Gasteiger partial charge on any atom is 0.305 e. The van der Waals surface area contributed by atoms with Gasteiger partial charge in [0.25, 0.3) is 5.91 Å². The minimum absolute atomic E-state index is 0.0570. The van der Waals surface area contributed by atoms with Crippen molar-refractivity contribution in [1.82, 2.24) is 10.3 Å². The number of hydrogen-bond acceptors (Lipinski definition) is 4. The van der Waals surface area contributed by atoms with Gasteiger partial charge in [-0.15, -0.1) is 11.3 Å². The van der Waals surface area contributed by atoms with Crippen molar-refractivity contribution in [3.8, 4) is 0 Å². The van der Waals surface area contributed by atoms with Gasteiger partial charge in [-0.1, -0.05) is 0 Å². The Morgan fingerprint density at radius 1 is 1.50 bits per heavy atom. The molecule has 1 aliphatic carbocycles. The summed E-state index contributed by atoms with van der Waals surface area (Å²) in [6.07, 6.45) is 3.43. The molecule has 2 rings (SSSR count). The Labute approximate surface area is 109 Å². The zero-order valence-electron chi connectivity index (χ0n) is 10.2. The molecule has 0 bridgehead atoms. The number of aromatic nitrogens is 1. The molecule has 2 N–H and O–H groups in total. The van der Waals surface area contributed by atoms with Crippen molar-refractivity contribution >= 4 is 23.2 Å². The third-order valence-corrected chi connectivity index (χ3v) is 4.01. The first-order valence-electron chi connectivity index (χ1n) is 6.02. The van der Waals surface area contributed by atoms with Gasteiger partial charge in [0.1, 0.15) is 4.88 Å². The summed E-state index contributed by atoms with van der Waals surface area (Å²) in [5.41, 5.74) is 0.739. The number of rotatable bonds is 6. The number of carbonyl (C=O) groups is 2. The molecule has 0 unspecified atom stereocenters. The predicted octanol–water partition coefficient (Wildman–Crippen LogP) is 1.61. The van der Waals surface area contributed by atoms with E-state index in [0.717, 1.165) is 23.0 Å². The molecule has 0 aliphatic heterocycles. The molecule has 1 aliphatic rings. The van der Waals surface area contributed by atoms with Crippen LogP contribution in [0.15, 0.2) is 0 Å². The van der Waals surface area contributed by atoms with Crippen LogP contribution < -0.4 is 5.32 Å². The van der Waals surface area contributed by atoms with E-state index in [0.29, 0.717) is 4.88 Å². The number of carbonyl (C=O) groups excluding carboxylic acids is 1. The van der Waals surface area contributed by atoms with E-state index in [4.69, 9.17) is 5.11 Å². The van der Waals surface area contributed by atoms with Gasteiger partial charge in [0.15, 0.2) is 0 Å². The molecule has 1 heterocycles. The van der Waals surface area contributed by atoms with Crippen LogP contribution in [0.1, 0.15) is 39.6 Å². The van der Waals surface area contributed by atoms with Gasteiger partial charge in [0.2, 0.25) is 0 Å². The van der Waals surface area contributed by atoms with Gasteiger partial charge in [-0.25, -0.2) is 4.98 Å². The summed E-state index contributed by atoms with van der Waals surface area (Å²) in [6, 6.07) is 0. The Balaban J connectivity index is 1.91. The Morgan fingerprint density at radius 2 is 2.22 bits per heavy atom. The summed E-state index contributed by atoms with van der Waals surface area (Å²) < 4.78 is 0. The summed E-state index contributed by atoms with van der Waals surface area (Å²) in [7, 11) is 0. The van der Waals surface area contributed by atoms with Crippen LogP contribution in [0.2, 0.25) is 0 Å². The minimum atomic E-state index is -0.911. The standard InChI is InChI=1S/C12H16N2O3S/c1-7-11(12(17)13-5-4-10(15)16)18-9(14-7)6-8-2-3-8/h8H,2-6H2,1H3,(H,13,17)(H,15,16). The molecule has 0 radical (unpaired) electrons. The maximum atomic E-state index is 11.8. The SMILES string of the molecule is Cc1nc(CC2CC2)sc1C(=O)NCCC(=O)O. The van der Waals surface area contributed by atoms with E-state index in [1.807, 2.05) is 6.92 Å². The lowest BCUT2D eigenvalue weighted by molar-refractivity contribution is -0.136. The molecule has 1 aromatic heterocycles.